The molecule has 2 N–H and O–H groups in total. The summed E-state index contributed by atoms with van der Waals surface area (Å²) < 4.78 is 29.4. The molecular formula is C22H24N4O4S. The lowest BCUT2D eigenvalue weighted by Gasteiger charge is -2.11. The molecule has 0 bridgehead atoms. The fourth-order valence-electron chi connectivity index (χ4n) is 2.70. The van der Waals surface area contributed by atoms with Crippen molar-refractivity contribution in [2.45, 2.75) is 31.8 Å². The van der Waals surface area contributed by atoms with Gasteiger partial charge >= 0.3 is 5.97 Å². The van der Waals surface area contributed by atoms with Crippen molar-refractivity contribution in [3.63, 3.8) is 0 Å². The number of sulfone groups is 1. The minimum atomic E-state index is -3.30. The summed E-state index contributed by atoms with van der Waals surface area (Å²) in [5.74, 6) is 0.696. The van der Waals surface area contributed by atoms with Crippen LogP contribution in [0.5, 0.6) is 0 Å². The molecule has 0 aliphatic rings. The van der Waals surface area contributed by atoms with Crippen molar-refractivity contribution in [3.8, 4) is 0 Å². The smallest absolute Gasteiger partial charge is 0.338 e. The van der Waals surface area contributed by atoms with Crippen molar-refractivity contribution in [2.24, 2.45) is 0 Å². The molecule has 0 spiro atoms. The van der Waals surface area contributed by atoms with E-state index in [0.717, 1.165) is 5.69 Å². The minimum absolute atomic E-state index is 0.0337. The van der Waals surface area contributed by atoms with Crippen LogP contribution in [-0.2, 0) is 14.6 Å². The summed E-state index contributed by atoms with van der Waals surface area (Å²) in [5, 5.41) is 6.23. The molecule has 0 aliphatic carbocycles. The zero-order chi connectivity index (χ0) is 22.4. The summed E-state index contributed by atoms with van der Waals surface area (Å²) in [7, 11) is -3.30. The van der Waals surface area contributed by atoms with Crippen molar-refractivity contribution >= 4 is 38.8 Å². The number of carbonyl (C=O) groups is 1. The average molecular weight is 441 g/mol. The van der Waals surface area contributed by atoms with Gasteiger partial charge in [-0.2, -0.15) is 0 Å². The van der Waals surface area contributed by atoms with E-state index in [0.29, 0.717) is 22.9 Å². The molecule has 0 atom stereocenters. The number of benzene rings is 2. The van der Waals surface area contributed by atoms with Gasteiger partial charge in [0.05, 0.1) is 22.3 Å². The average Bonchev–Trinajstić information content (AvgIpc) is 2.74. The Hall–Kier alpha value is -3.46. The summed E-state index contributed by atoms with van der Waals surface area (Å²) in [6.07, 6.45) is 1.21. The summed E-state index contributed by atoms with van der Waals surface area (Å²) in [6, 6.07) is 15.1. The topological polar surface area (TPSA) is 110 Å². The van der Waals surface area contributed by atoms with Gasteiger partial charge in [0.1, 0.15) is 18.0 Å². The molecule has 0 unspecified atom stereocenters. The Morgan fingerprint density at radius 1 is 0.968 bits per heavy atom. The van der Waals surface area contributed by atoms with Crippen LogP contribution in [0.15, 0.2) is 65.8 Å². The highest BCUT2D eigenvalue weighted by Gasteiger charge is 2.12. The normalized spacial score (nSPS) is 11.2. The third kappa shape index (κ3) is 6.02. The fraction of sp³-hybridized carbons (Fsp3) is 0.227. The first-order valence-electron chi connectivity index (χ1n) is 9.77. The Bertz CT molecular complexity index is 1160. The van der Waals surface area contributed by atoms with Crippen LogP contribution in [0.3, 0.4) is 0 Å². The monoisotopic (exact) mass is 440 g/mol. The first-order valence-corrected chi connectivity index (χ1v) is 11.4. The van der Waals surface area contributed by atoms with Gasteiger partial charge in [0.2, 0.25) is 0 Å². The van der Waals surface area contributed by atoms with Gasteiger partial charge in [0.15, 0.2) is 9.84 Å². The largest absolute Gasteiger partial charge is 0.459 e. The van der Waals surface area contributed by atoms with E-state index in [9.17, 15) is 13.2 Å². The maximum Gasteiger partial charge on any atom is 0.338 e. The van der Waals surface area contributed by atoms with Crippen LogP contribution in [-0.4, -0.2) is 36.2 Å². The lowest BCUT2D eigenvalue weighted by molar-refractivity contribution is 0.0378. The van der Waals surface area contributed by atoms with Gasteiger partial charge in [-0.15, -0.1) is 0 Å². The second kappa shape index (κ2) is 9.57. The summed E-state index contributed by atoms with van der Waals surface area (Å²) in [5.41, 5.74) is 1.81. The summed E-state index contributed by atoms with van der Waals surface area (Å²) >= 11 is 0. The number of carbonyl (C=O) groups excluding carboxylic acids is 1. The van der Waals surface area contributed by atoms with Crippen LogP contribution in [0, 0.1) is 0 Å². The molecule has 0 aliphatic heterocycles. The third-order valence-corrected chi connectivity index (χ3v) is 5.98. The number of aromatic nitrogens is 2. The molecule has 0 saturated carbocycles. The highest BCUT2D eigenvalue weighted by Crippen LogP contribution is 2.22. The number of anilines is 4. The maximum absolute atomic E-state index is 12.1. The van der Waals surface area contributed by atoms with Crippen molar-refractivity contribution in [1.82, 2.24) is 9.97 Å². The van der Waals surface area contributed by atoms with E-state index >= 15 is 0 Å². The number of hydrogen-bond donors (Lipinski definition) is 2. The Labute approximate surface area is 181 Å². The quantitative estimate of drug-likeness (QED) is 0.498. The minimum Gasteiger partial charge on any atom is -0.459 e. The van der Waals surface area contributed by atoms with Crippen molar-refractivity contribution in [3.05, 3.63) is 66.5 Å². The first-order chi connectivity index (χ1) is 14.8. The first kappa shape index (κ1) is 22.2. The second-order valence-electron chi connectivity index (χ2n) is 7.00. The van der Waals surface area contributed by atoms with Gasteiger partial charge in [-0.3, -0.25) is 0 Å². The van der Waals surface area contributed by atoms with Gasteiger partial charge in [0, 0.05) is 17.4 Å². The molecule has 8 nitrogen and oxygen atoms in total. The van der Waals surface area contributed by atoms with Crippen molar-refractivity contribution < 1.29 is 17.9 Å². The van der Waals surface area contributed by atoms with E-state index in [1.807, 2.05) is 0 Å². The molecule has 9 heteroatoms. The zero-order valence-corrected chi connectivity index (χ0v) is 18.3. The maximum atomic E-state index is 12.1. The molecule has 2 aromatic carbocycles. The Kier molecular flexibility index (Phi) is 6.86. The Morgan fingerprint density at radius 2 is 1.61 bits per heavy atom. The Morgan fingerprint density at radius 3 is 2.23 bits per heavy atom. The second-order valence-corrected chi connectivity index (χ2v) is 9.28. The van der Waals surface area contributed by atoms with Crippen LogP contribution in [0.1, 0.15) is 31.1 Å². The Balaban J connectivity index is 1.71. The number of hydrogen-bond acceptors (Lipinski definition) is 8. The highest BCUT2D eigenvalue weighted by molar-refractivity contribution is 7.91. The van der Waals surface area contributed by atoms with Crippen molar-refractivity contribution in [2.75, 3.05) is 16.4 Å². The van der Waals surface area contributed by atoms with Crippen LogP contribution in [0.4, 0.5) is 23.0 Å². The van der Waals surface area contributed by atoms with Gasteiger partial charge in [-0.25, -0.2) is 23.2 Å². The van der Waals surface area contributed by atoms with E-state index in [1.54, 1.807) is 75.4 Å². The van der Waals surface area contributed by atoms with Gasteiger partial charge < -0.3 is 15.4 Å². The number of rotatable bonds is 8. The zero-order valence-electron chi connectivity index (χ0n) is 17.5. The predicted octanol–water partition coefficient (Wildman–Crippen LogP) is 4.32. The molecule has 0 amide bonds. The van der Waals surface area contributed by atoms with E-state index in [1.165, 1.54) is 6.33 Å². The summed E-state index contributed by atoms with van der Waals surface area (Å²) in [6.45, 7) is 5.21. The standard InChI is InChI=1S/C22H24N4O4S/c1-4-31(28,29)19-7-5-6-18(12-19)26-21-13-20(23-14-24-21)25-17-10-8-16(9-11-17)22(27)30-15(2)3/h5-15H,4H2,1-3H3,(H2,23,24,25,26). The number of esters is 1. The van der Waals surface area contributed by atoms with Crippen LogP contribution in [0.2, 0.25) is 0 Å². The van der Waals surface area contributed by atoms with Crippen LogP contribution >= 0.6 is 0 Å². The molecule has 0 saturated heterocycles. The molecule has 31 heavy (non-hydrogen) atoms. The van der Waals surface area contributed by atoms with E-state index < -0.39 is 9.84 Å². The number of nitrogens with one attached hydrogen (secondary N) is 2. The molecule has 1 aromatic heterocycles. The summed E-state index contributed by atoms with van der Waals surface area (Å²) in [4.78, 5) is 20.6. The van der Waals surface area contributed by atoms with Gasteiger partial charge in [-0.1, -0.05) is 13.0 Å². The van der Waals surface area contributed by atoms with Crippen LogP contribution in [0.25, 0.3) is 0 Å². The SMILES string of the molecule is CCS(=O)(=O)c1cccc(Nc2cc(Nc3ccc(C(=O)OC(C)C)cc3)ncn2)c1. The molecule has 1 heterocycles. The number of nitrogens with zero attached hydrogens (tertiary/aromatic N) is 2. The van der Waals surface area contributed by atoms with Gasteiger partial charge in [-0.05, 0) is 56.3 Å². The molecule has 162 valence electrons. The van der Waals surface area contributed by atoms with Crippen molar-refractivity contribution in [1.29, 1.82) is 0 Å². The molecule has 3 aromatic rings. The lowest BCUT2D eigenvalue weighted by atomic mass is 10.2. The molecule has 0 radical (unpaired) electrons. The molecular weight excluding hydrogens is 416 g/mol. The van der Waals surface area contributed by atoms with E-state index in [4.69, 9.17) is 4.74 Å². The van der Waals surface area contributed by atoms with E-state index in [2.05, 4.69) is 20.6 Å². The van der Waals surface area contributed by atoms with E-state index in [-0.39, 0.29) is 22.7 Å². The predicted molar refractivity (Wildman–Crippen MR) is 120 cm³/mol. The van der Waals surface area contributed by atoms with Crippen LogP contribution < -0.4 is 10.6 Å². The molecule has 3 rings (SSSR count). The van der Waals surface area contributed by atoms with Gasteiger partial charge in [0.25, 0.3) is 0 Å². The fourth-order valence-corrected chi connectivity index (χ4v) is 3.62. The lowest BCUT2D eigenvalue weighted by Crippen LogP contribution is -2.11. The number of ether oxygens (including phenoxy) is 1. The molecule has 0 fully saturated rings. The highest BCUT2D eigenvalue weighted by atomic mass is 32.2. The third-order valence-electron chi connectivity index (χ3n) is 4.25.